The number of hydrogen-bond donors (Lipinski definition) is 3. The summed E-state index contributed by atoms with van der Waals surface area (Å²) in [5, 5.41) is 12.3. The van der Waals surface area contributed by atoms with Crippen molar-refractivity contribution in [1.82, 2.24) is 19.9 Å². The van der Waals surface area contributed by atoms with Gasteiger partial charge >= 0.3 is 0 Å². The third kappa shape index (κ3) is 7.82. The number of thioether (sulfide) groups is 1. The van der Waals surface area contributed by atoms with Crippen molar-refractivity contribution in [2.75, 3.05) is 22.9 Å². The van der Waals surface area contributed by atoms with Crippen LogP contribution in [0.3, 0.4) is 0 Å². The molecule has 2 atom stereocenters. The second-order valence-electron chi connectivity index (χ2n) is 7.09. The Labute approximate surface area is 184 Å². The van der Waals surface area contributed by atoms with Gasteiger partial charge < -0.3 is 10.4 Å². The van der Waals surface area contributed by atoms with Crippen LogP contribution in [0.15, 0.2) is 17.4 Å². The fourth-order valence-electron chi connectivity index (χ4n) is 2.50. The first-order valence-corrected chi connectivity index (χ1v) is 12.2. The Morgan fingerprint density at radius 2 is 1.90 bits per heavy atom. The molecule has 0 saturated carbocycles. The highest BCUT2D eigenvalue weighted by molar-refractivity contribution is 7.99. The Bertz CT molecular complexity index is 980. The molecule has 1 unspecified atom stereocenters. The third-order valence-corrected chi connectivity index (χ3v) is 5.62. The largest absolute Gasteiger partial charge is 0.394 e. The van der Waals surface area contributed by atoms with Crippen LogP contribution >= 0.6 is 23.4 Å². The summed E-state index contributed by atoms with van der Waals surface area (Å²) in [6, 6.07) is 0.955. The topological polar surface area (TPSA) is 130 Å². The Morgan fingerprint density at radius 3 is 2.47 bits per heavy atom. The van der Waals surface area contributed by atoms with Crippen LogP contribution in [0.25, 0.3) is 0 Å². The predicted octanol–water partition coefficient (Wildman–Crippen LogP) is 3.10. The number of aromatic nitrogens is 4. The molecule has 0 aliphatic carbocycles. The van der Waals surface area contributed by atoms with Crippen molar-refractivity contribution < 1.29 is 17.9 Å². The lowest BCUT2D eigenvalue weighted by atomic mass is 10.0. The van der Waals surface area contributed by atoms with E-state index in [-0.39, 0.29) is 40.1 Å². The number of pyridine rings is 1. The SMILES string of the molecule is CC(C)C[C@H](CO)Nc1nc(NS(C)(=O)=O)nc(SC(C)c2cnc(Cl)c(F)c2)n1. The van der Waals surface area contributed by atoms with Crippen molar-refractivity contribution in [3.05, 3.63) is 28.8 Å². The van der Waals surface area contributed by atoms with Gasteiger partial charge in [0, 0.05) is 11.4 Å². The van der Waals surface area contributed by atoms with Crippen LogP contribution in [0.1, 0.15) is 38.0 Å². The molecule has 2 aromatic rings. The maximum absolute atomic E-state index is 13.7. The molecule has 0 amide bonds. The molecule has 0 aliphatic rings. The van der Waals surface area contributed by atoms with Gasteiger partial charge in [-0.15, -0.1) is 0 Å². The molecule has 9 nitrogen and oxygen atoms in total. The standard InChI is InChI=1S/C17H24ClFN6O3S2/c1-9(2)5-12(8-26)21-15-22-16(25-30(4,27)28)24-17(23-15)29-10(3)11-6-13(19)14(18)20-7-11/h6-7,9-10,12,26H,5,8H2,1-4H3,(H2,21,22,23,24,25)/t10?,12-/m1/s1. The number of sulfonamides is 1. The number of rotatable bonds is 10. The van der Waals surface area contributed by atoms with Crippen LogP contribution < -0.4 is 10.0 Å². The lowest BCUT2D eigenvalue weighted by Gasteiger charge is -2.19. The number of nitrogens with zero attached hydrogens (tertiary/aromatic N) is 4. The molecule has 166 valence electrons. The Hall–Kier alpha value is -1.76. The van der Waals surface area contributed by atoms with E-state index in [0.29, 0.717) is 17.9 Å². The summed E-state index contributed by atoms with van der Waals surface area (Å²) < 4.78 is 39.2. The first-order valence-electron chi connectivity index (χ1n) is 9.05. The molecule has 3 N–H and O–H groups in total. The van der Waals surface area contributed by atoms with E-state index in [1.807, 2.05) is 13.8 Å². The van der Waals surface area contributed by atoms with E-state index in [0.717, 1.165) is 18.0 Å². The van der Waals surface area contributed by atoms with Crippen molar-refractivity contribution in [3.8, 4) is 0 Å². The molecule has 30 heavy (non-hydrogen) atoms. The maximum atomic E-state index is 13.7. The normalized spacial score (nSPS) is 13.9. The van der Waals surface area contributed by atoms with E-state index < -0.39 is 15.8 Å². The van der Waals surface area contributed by atoms with Crippen LogP contribution in [0.2, 0.25) is 5.15 Å². The Kier molecular flexibility index (Phi) is 8.59. The van der Waals surface area contributed by atoms with Crippen molar-refractivity contribution in [2.45, 2.75) is 43.6 Å². The van der Waals surface area contributed by atoms with E-state index in [9.17, 15) is 17.9 Å². The van der Waals surface area contributed by atoms with Crippen molar-refractivity contribution in [3.63, 3.8) is 0 Å². The van der Waals surface area contributed by atoms with Crippen LogP contribution in [0.4, 0.5) is 16.3 Å². The van der Waals surface area contributed by atoms with Gasteiger partial charge in [-0.3, -0.25) is 4.72 Å². The second kappa shape index (κ2) is 10.5. The highest BCUT2D eigenvalue weighted by atomic mass is 35.5. The minimum Gasteiger partial charge on any atom is -0.394 e. The van der Waals surface area contributed by atoms with Gasteiger partial charge in [-0.25, -0.2) is 17.8 Å². The average Bonchev–Trinajstić information content (AvgIpc) is 2.61. The molecular formula is C17H24ClFN6O3S2. The first kappa shape index (κ1) is 24.5. The summed E-state index contributed by atoms with van der Waals surface area (Å²) in [7, 11) is -3.62. The molecule has 2 heterocycles. The minimum atomic E-state index is -3.62. The third-order valence-electron chi connectivity index (χ3n) is 3.77. The van der Waals surface area contributed by atoms with Crippen LogP contribution in [0.5, 0.6) is 0 Å². The molecule has 0 radical (unpaired) electrons. The number of nitrogens with one attached hydrogen (secondary N) is 2. The molecule has 13 heteroatoms. The lowest BCUT2D eigenvalue weighted by Crippen LogP contribution is -2.27. The number of aliphatic hydroxyl groups is 1. The van der Waals surface area contributed by atoms with Crippen molar-refractivity contribution >= 4 is 45.3 Å². The number of halogens is 2. The Morgan fingerprint density at radius 1 is 1.23 bits per heavy atom. The van der Waals surface area contributed by atoms with Gasteiger partial charge in [0.2, 0.25) is 21.9 Å². The van der Waals surface area contributed by atoms with E-state index in [1.165, 1.54) is 12.3 Å². The number of hydrogen-bond acceptors (Lipinski definition) is 9. The molecular weight excluding hydrogens is 455 g/mol. The van der Waals surface area contributed by atoms with Crippen LogP contribution in [-0.2, 0) is 10.0 Å². The van der Waals surface area contributed by atoms with Gasteiger partial charge in [0.05, 0.1) is 18.9 Å². The fourth-order valence-corrected chi connectivity index (χ4v) is 3.89. The van der Waals surface area contributed by atoms with Gasteiger partial charge in [-0.2, -0.15) is 15.0 Å². The molecule has 0 bridgehead atoms. The quantitative estimate of drug-likeness (QED) is 0.348. The fraction of sp³-hybridized carbons (Fsp3) is 0.529. The molecule has 2 rings (SSSR count). The molecule has 0 aliphatic heterocycles. The van der Waals surface area contributed by atoms with Gasteiger partial charge in [0.1, 0.15) is 0 Å². The van der Waals surface area contributed by atoms with E-state index in [4.69, 9.17) is 11.6 Å². The molecule has 0 fully saturated rings. The van der Waals surface area contributed by atoms with Crippen molar-refractivity contribution in [2.24, 2.45) is 5.92 Å². The van der Waals surface area contributed by atoms with E-state index in [2.05, 4.69) is 30.0 Å². The highest BCUT2D eigenvalue weighted by Gasteiger charge is 2.18. The maximum Gasteiger partial charge on any atom is 0.242 e. The van der Waals surface area contributed by atoms with Gasteiger partial charge in [-0.1, -0.05) is 37.2 Å². The molecule has 0 spiro atoms. The summed E-state index contributed by atoms with van der Waals surface area (Å²) >= 11 is 6.79. The average molecular weight is 479 g/mol. The zero-order valence-electron chi connectivity index (χ0n) is 16.9. The minimum absolute atomic E-state index is 0.117. The lowest BCUT2D eigenvalue weighted by molar-refractivity contribution is 0.259. The zero-order chi connectivity index (χ0) is 22.5. The monoisotopic (exact) mass is 478 g/mol. The van der Waals surface area contributed by atoms with E-state index >= 15 is 0 Å². The highest BCUT2D eigenvalue weighted by Crippen LogP contribution is 2.34. The number of anilines is 2. The van der Waals surface area contributed by atoms with Crippen LogP contribution in [0, 0.1) is 11.7 Å². The molecule has 0 aromatic carbocycles. The Balaban J connectivity index is 2.31. The number of aliphatic hydroxyl groups excluding tert-OH is 1. The van der Waals surface area contributed by atoms with Crippen LogP contribution in [-0.4, -0.2) is 52.4 Å². The summed E-state index contributed by atoms with van der Waals surface area (Å²) in [5.41, 5.74) is 0.558. The summed E-state index contributed by atoms with van der Waals surface area (Å²) in [6.07, 6.45) is 3.09. The first-order chi connectivity index (χ1) is 14.0. The zero-order valence-corrected chi connectivity index (χ0v) is 19.3. The van der Waals surface area contributed by atoms with Gasteiger partial charge in [0.15, 0.2) is 16.1 Å². The van der Waals surface area contributed by atoms with Crippen molar-refractivity contribution in [1.29, 1.82) is 0 Å². The summed E-state index contributed by atoms with van der Waals surface area (Å²) in [4.78, 5) is 16.3. The predicted molar refractivity (Wildman–Crippen MR) is 116 cm³/mol. The van der Waals surface area contributed by atoms with Gasteiger partial charge in [0.25, 0.3) is 0 Å². The van der Waals surface area contributed by atoms with Gasteiger partial charge in [-0.05, 0) is 30.9 Å². The molecule has 0 saturated heterocycles. The summed E-state index contributed by atoms with van der Waals surface area (Å²) in [6.45, 7) is 5.67. The van der Waals surface area contributed by atoms with E-state index in [1.54, 1.807) is 6.92 Å². The summed E-state index contributed by atoms with van der Waals surface area (Å²) in [5.74, 6) is -0.373. The smallest absolute Gasteiger partial charge is 0.242 e. The second-order valence-corrected chi connectivity index (χ2v) is 10.5. The molecule has 2 aromatic heterocycles.